The second-order valence-electron chi connectivity index (χ2n) is 3.46. The van der Waals surface area contributed by atoms with Crippen LogP contribution in [0, 0.1) is 0 Å². The van der Waals surface area contributed by atoms with Crippen LogP contribution in [0.25, 0.3) is 0 Å². The van der Waals surface area contributed by atoms with Gasteiger partial charge in [-0.1, -0.05) is 15.9 Å². The highest BCUT2D eigenvalue weighted by molar-refractivity contribution is 9.10. The molecular formula is C10H8BrF3O. The molecule has 2 rings (SSSR count). The molecule has 0 amide bonds. The van der Waals surface area contributed by atoms with Gasteiger partial charge in [0.2, 0.25) is 0 Å². The van der Waals surface area contributed by atoms with Crippen LogP contribution >= 0.6 is 15.9 Å². The highest BCUT2D eigenvalue weighted by Crippen LogP contribution is 2.40. The summed E-state index contributed by atoms with van der Waals surface area (Å²) in [6, 6.07) is 3.94. The van der Waals surface area contributed by atoms with Crippen LogP contribution in [0.5, 0.6) is 5.75 Å². The first-order valence-corrected chi connectivity index (χ1v) is 5.29. The zero-order valence-corrected chi connectivity index (χ0v) is 9.23. The summed E-state index contributed by atoms with van der Waals surface area (Å²) in [7, 11) is 0. The topological polar surface area (TPSA) is 9.23 Å². The highest BCUT2D eigenvalue weighted by Gasteiger charge is 2.36. The molecule has 1 nitrogen and oxygen atoms in total. The molecule has 1 aromatic carbocycles. The Morgan fingerprint density at radius 3 is 2.47 bits per heavy atom. The lowest BCUT2D eigenvalue weighted by Gasteiger charge is -2.13. The molecule has 0 aromatic heterocycles. The van der Waals surface area contributed by atoms with Gasteiger partial charge in [-0.3, -0.25) is 0 Å². The van der Waals surface area contributed by atoms with E-state index in [0.717, 1.165) is 18.9 Å². The van der Waals surface area contributed by atoms with Crippen molar-refractivity contribution in [2.24, 2.45) is 0 Å². The average molecular weight is 281 g/mol. The fraction of sp³-hybridized carbons (Fsp3) is 0.400. The second kappa shape index (κ2) is 3.70. The van der Waals surface area contributed by atoms with Crippen LogP contribution in [0.3, 0.4) is 0 Å². The quantitative estimate of drug-likeness (QED) is 0.795. The van der Waals surface area contributed by atoms with Crippen molar-refractivity contribution in [3.8, 4) is 5.75 Å². The highest BCUT2D eigenvalue weighted by atomic mass is 79.9. The van der Waals surface area contributed by atoms with E-state index in [0.29, 0.717) is 4.47 Å². The van der Waals surface area contributed by atoms with Crippen molar-refractivity contribution in [1.29, 1.82) is 0 Å². The first-order chi connectivity index (χ1) is 6.97. The first-order valence-electron chi connectivity index (χ1n) is 4.50. The molecule has 0 spiro atoms. The van der Waals surface area contributed by atoms with Crippen molar-refractivity contribution in [2.45, 2.75) is 25.1 Å². The van der Waals surface area contributed by atoms with Gasteiger partial charge in [0.15, 0.2) is 0 Å². The monoisotopic (exact) mass is 280 g/mol. The summed E-state index contributed by atoms with van der Waals surface area (Å²) >= 11 is 3.02. The van der Waals surface area contributed by atoms with Gasteiger partial charge in [-0.05, 0) is 31.0 Å². The predicted octanol–water partition coefficient (Wildman–Crippen LogP) is 4.01. The number of rotatable bonds is 2. The number of alkyl halides is 3. The fourth-order valence-corrected chi connectivity index (χ4v) is 1.55. The Morgan fingerprint density at radius 2 is 1.93 bits per heavy atom. The van der Waals surface area contributed by atoms with Gasteiger partial charge in [-0.15, -0.1) is 0 Å². The molecule has 15 heavy (non-hydrogen) atoms. The minimum absolute atomic E-state index is 0.0349. The average Bonchev–Trinajstić information content (AvgIpc) is 2.90. The van der Waals surface area contributed by atoms with Crippen LogP contribution in [-0.2, 0) is 6.18 Å². The summed E-state index contributed by atoms with van der Waals surface area (Å²) < 4.78 is 43.4. The summed E-state index contributed by atoms with van der Waals surface area (Å²) in [5, 5.41) is 0. The van der Waals surface area contributed by atoms with Crippen LogP contribution < -0.4 is 4.74 Å². The molecule has 0 atom stereocenters. The third-order valence-corrected chi connectivity index (χ3v) is 2.56. The Labute approximate surface area is 93.4 Å². The maximum atomic E-state index is 12.6. The SMILES string of the molecule is FC(F)(F)c1cc(Br)ccc1OC1CC1. The zero-order valence-electron chi connectivity index (χ0n) is 7.64. The van der Waals surface area contributed by atoms with Crippen molar-refractivity contribution in [2.75, 3.05) is 0 Å². The van der Waals surface area contributed by atoms with E-state index in [-0.39, 0.29) is 11.9 Å². The third kappa shape index (κ3) is 2.65. The summed E-state index contributed by atoms with van der Waals surface area (Å²) in [4.78, 5) is 0. The molecule has 0 unspecified atom stereocenters. The molecule has 1 aliphatic carbocycles. The Bertz CT molecular complexity index is 371. The van der Waals surface area contributed by atoms with Gasteiger partial charge in [0, 0.05) is 4.47 Å². The number of ether oxygens (including phenoxy) is 1. The Hall–Kier alpha value is -0.710. The predicted molar refractivity (Wildman–Crippen MR) is 52.8 cm³/mol. The van der Waals surface area contributed by atoms with Gasteiger partial charge in [-0.2, -0.15) is 13.2 Å². The number of hydrogen-bond acceptors (Lipinski definition) is 1. The van der Waals surface area contributed by atoms with Crippen molar-refractivity contribution < 1.29 is 17.9 Å². The van der Waals surface area contributed by atoms with E-state index in [9.17, 15) is 13.2 Å². The summed E-state index contributed by atoms with van der Waals surface area (Å²) in [5.41, 5.74) is -0.719. The first kappa shape index (κ1) is 10.8. The van der Waals surface area contributed by atoms with E-state index in [4.69, 9.17) is 4.74 Å². The van der Waals surface area contributed by atoms with E-state index in [1.807, 2.05) is 0 Å². The molecule has 1 aliphatic rings. The van der Waals surface area contributed by atoms with Crippen LogP contribution in [0.1, 0.15) is 18.4 Å². The van der Waals surface area contributed by atoms with E-state index < -0.39 is 11.7 Å². The minimum Gasteiger partial charge on any atom is -0.490 e. The number of halogens is 4. The van der Waals surface area contributed by atoms with Gasteiger partial charge in [0.05, 0.1) is 11.7 Å². The maximum absolute atomic E-state index is 12.6. The lowest BCUT2D eigenvalue weighted by atomic mass is 10.2. The molecule has 0 saturated heterocycles. The molecule has 82 valence electrons. The largest absolute Gasteiger partial charge is 0.490 e. The molecule has 0 bridgehead atoms. The number of hydrogen-bond donors (Lipinski definition) is 0. The molecule has 0 aliphatic heterocycles. The van der Waals surface area contributed by atoms with Gasteiger partial charge < -0.3 is 4.74 Å². The standard InChI is InChI=1S/C10H8BrF3O/c11-6-1-4-9(15-7-2-3-7)8(5-6)10(12,13)14/h1,4-5,7H,2-3H2. The van der Waals surface area contributed by atoms with Crippen molar-refractivity contribution in [3.05, 3.63) is 28.2 Å². The molecule has 1 aromatic rings. The van der Waals surface area contributed by atoms with Crippen molar-refractivity contribution in [1.82, 2.24) is 0 Å². The van der Waals surface area contributed by atoms with E-state index in [2.05, 4.69) is 15.9 Å². The van der Waals surface area contributed by atoms with Crippen LogP contribution in [0.15, 0.2) is 22.7 Å². The van der Waals surface area contributed by atoms with E-state index in [1.165, 1.54) is 6.07 Å². The fourth-order valence-electron chi connectivity index (χ4n) is 1.19. The number of benzene rings is 1. The van der Waals surface area contributed by atoms with E-state index in [1.54, 1.807) is 6.07 Å². The van der Waals surface area contributed by atoms with Crippen molar-refractivity contribution in [3.63, 3.8) is 0 Å². The van der Waals surface area contributed by atoms with Gasteiger partial charge in [0.25, 0.3) is 0 Å². The lowest BCUT2D eigenvalue weighted by molar-refractivity contribution is -0.139. The summed E-state index contributed by atoms with van der Waals surface area (Å²) in [6.07, 6.45) is -2.72. The van der Waals surface area contributed by atoms with Crippen molar-refractivity contribution >= 4 is 15.9 Å². The van der Waals surface area contributed by atoms with Gasteiger partial charge in [-0.25, -0.2) is 0 Å². The maximum Gasteiger partial charge on any atom is 0.420 e. The zero-order chi connectivity index (χ0) is 11.1. The molecule has 0 heterocycles. The smallest absolute Gasteiger partial charge is 0.420 e. The Kier molecular flexibility index (Phi) is 2.66. The second-order valence-corrected chi connectivity index (χ2v) is 4.37. The minimum atomic E-state index is -4.37. The van der Waals surface area contributed by atoms with Gasteiger partial charge in [0.1, 0.15) is 5.75 Å². The van der Waals surface area contributed by atoms with Gasteiger partial charge >= 0.3 is 6.18 Å². The van der Waals surface area contributed by atoms with Crippen LogP contribution in [0.2, 0.25) is 0 Å². The lowest BCUT2D eigenvalue weighted by Crippen LogP contribution is -2.09. The van der Waals surface area contributed by atoms with Crippen LogP contribution in [0.4, 0.5) is 13.2 Å². The van der Waals surface area contributed by atoms with Crippen LogP contribution in [-0.4, -0.2) is 6.10 Å². The molecular weight excluding hydrogens is 273 g/mol. The molecule has 1 saturated carbocycles. The molecule has 1 fully saturated rings. The molecule has 5 heteroatoms. The summed E-state index contributed by atoms with van der Waals surface area (Å²) in [5.74, 6) is -0.0757. The molecule has 0 radical (unpaired) electrons. The van der Waals surface area contributed by atoms with E-state index >= 15 is 0 Å². The molecule has 0 N–H and O–H groups in total. The Morgan fingerprint density at radius 1 is 1.27 bits per heavy atom. The Balaban J connectivity index is 2.34. The third-order valence-electron chi connectivity index (χ3n) is 2.07. The summed E-state index contributed by atoms with van der Waals surface area (Å²) in [6.45, 7) is 0. The normalized spacial score (nSPS) is 16.5.